The highest BCUT2D eigenvalue weighted by Crippen LogP contribution is 2.27. The summed E-state index contributed by atoms with van der Waals surface area (Å²) in [5, 5.41) is 7.17. The summed E-state index contributed by atoms with van der Waals surface area (Å²) in [6.45, 7) is 2.08. The lowest BCUT2D eigenvalue weighted by atomic mass is 10.2. The van der Waals surface area contributed by atoms with Crippen LogP contribution in [0.25, 0.3) is 0 Å². The molecule has 0 aliphatic heterocycles. The van der Waals surface area contributed by atoms with Crippen LogP contribution < -0.4 is 10.6 Å². The SMILES string of the molecule is CCS(=O)(=O)CCNC(=NC)NC1CCC(SC)C1. The van der Waals surface area contributed by atoms with E-state index in [1.165, 1.54) is 6.42 Å². The van der Waals surface area contributed by atoms with E-state index < -0.39 is 9.84 Å². The van der Waals surface area contributed by atoms with E-state index >= 15 is 0 Å². The molecule has 0 aromatic heterocycles. The molecule has 0 heterocycles. The van der Waals surface area contributed by atoms with Crippen molar-refractivity contribution in [2.75, 3.05) is 31.4 Å². The Balaban J connectivity index is 2.31. The monoisotopic (exact) mass is 307 g/mol. The minimum atomic E-state index is -2.91. The van der Waals surface area contributed by atoms with Crippen LogP contribution in [-0.2, 0) is 9.84 Å². The first-order valence-corrected chi connectivity index (χ1v) is 9.82. The fraction of sp³-hybridized carbons (Fsp3) is 0.917. The quantitative estimate of drug-likeness (QED) is 0.563. The zero-order valence-electron chi connectivity index (χ0n) is 12.0. The van der Waals surface area contributed by atoms with Gasteiger partial charge in [-0.2, -0.15) is 11.8 Å². The summed E-state index contributed by atoms with van der Waals surface area (Å²) in [7, 11) is -1.20. The molecule has 1 aliphatic carbocycles. The first-order chi connectivity index (χ1) is 9.00. The van der Waals surface area contributed by atoms with Crippen LogP contribution in [0.3, 0.4) is 0 Å². The molecule has 0 bridgehead atoms. The van der Waals surface area contributed by atoms with Crippen LogP contribution in [0.1, 0.15) is 26.2 Å². The Morgan fingerprint density at radius 3 is 2.68 bits per heavy atom. The van der Waals surface area contributed by atoms with Gasteiger partial charge >= 0.3 is 0 Å². The smallest absolute Gasteiger partial charge is 0.191 e. The number of hydrogen-bond acceptors (Lipinski definition) is 4. The molecule has 0 aromatic carbocycles. The molecular weight excluding hydrogens is 282 g/mol. The number of hydrogen-bond donors (Lipinski definition) is 2. The van der Waals surface area contributed by atoms with Crippen LogP contribution in [0, 0.1) is 0 Å². The topological polar surface area (TPSA) is 70.6 Å². The van der Waals surface area contributed by atoms with E-state index in [4.69, 9.17) is 0 Å². The van der Waals surface area contributed by atoms with Crippen LogP contribution in [0.2, 0.25) is 0 Å². The molecule has 1 saturated carbocycles. The highest BCUT2D eigenvalue weighted by molar-refractivity contribution is 7.99. The second-order valence-electron chi connectivity index (χ2n) is 4.75. The minimum absolute atomic E-state index is 0.155. The molecule has 0 amide bonds. The van der Waals surface area contributed by atoms with Gasteiger partial charge in [-0.05, 0) is 25.5 Å². The zero-order chi connectivity index (χ0) is 14.3. The maximum absolute atomic E-state index is 11.4. The van der Waals surface area contributed by atoms with Crippen LogP contribution in [-0.4, -0.2) is 57.0 Å². The Hall–Kier alpha value is -0.430. The first-order valence-electron chi connectivity index (χ1n) is 6.71. The Bertz CT molecular complexity index is 396. The average Bonchev–Trinajstić information content (AvgIpc) is 2.85. The van der Waals surface area contributed by atoms with Gasteiger partial charge in [0.25, 0.3) is 0 Å². The van der Waals surface area contributed by atoms with Gasteiger partial charge in [-0.25, -0.2) is 8.42 Å². The van der Waals surface area contributed by atoms with Gasteiger partial charge in [0.2, 0.25) is 0 Å². The Labute approximate surface area is 120 Å². The zero-order valence-corrected chi connectivity index (χ0v) is 13.6. The molecule has 19 heavy (non-hydrogen) atoms. The summed E-state index contributed by atoms with van der Waals surface area (Å²) in [5.74, 6) is 1.05. The van der Waals surface area contributed by atoms with E-state index in [1.54, 1.807) is 14.0 Å². The summed E-state index contributed by atoms with van der Waals surface area (Å²) in [4.78, 5) is 4.14. The lowest BCUT2D eigenvalue weighted by molar-refractivity contribution is 0.594. The molecule has 2 unspecified atom stereocenters. The van der Waals surface area contributed by atoms with Crippen LogP contribution in [0.4, 0.5) is 0 Å². The second kappa shape index (κ2) is 7.99. The van der Waals surface area contributed by atoms with E-state index in [2.05, 4.69) is 21.9 Å². The average molecular weight is 307 g/mol. The predicted molar refractivity (Wildman–Crippen MR) is 83.8 cm³/mol. The molecule has 5 nitrogen and oxygen atoms in total. The number of nitrogens with zero attached hydrogens (tertiary/aromatic N) is 1. The summed E-state index contributed by atoms with van der Waals surface area (Å²) < 4.78 is 22.8. The van der Waals surface area contributed by atoms with E-state index in [1.807, 2.05) is 11.8 Å². The van der Waals surface area contributed by atoms with Gasteiger partial charge in [-0.3, -0.25) is 4.99 Å². The highest BCUT2D eigenvalue weighted by Gasteiger charge is 2.24. The van der Waals surface area contributed by atoms with Crippen molar-refractivity contribution in [1.29, 1.82) is 0 Å². The van der Waals surface area contributed by atoms with E-state index in [0.717, 1.165) is 18.1 Å². The number of sulfone groups is 1. The van der Waals surface area contributed by atoms with Crippen LogP contribution >= 0.6 is 11.8 Å². The second-order valence-corrected chi connectivity index (χ2v) is 8.36. The first kappa shape index (κ1) is 16.6. The van der Waals surface area contributed by atoms with Crippen molar-refractivity contribution in [2.24, 2.45) is 4.99 Å². The van der Waals surface area contributed by atoms with Crippen molar-refractivity contribution >= 4 is 27.6 Å². The molecule has 0 aromatic rings. The summed E-state index contributed by atoms with van der Waals surface area (Å²) in [6, 6.07) is 0.450. The fourth-order valence-electron chi connectivity index (χ4n) is 2.14. The molecule has 2 atom stereocenters. The molecule has 0 saturated heterocycles. The summed E-state index contributed by atoms with van der Waals surface area (Å²) in [6.07, 6.45) is 5.68. The van der Waals surface area contributed by atoms with Gasteiger partial charge in [0.15, 0.2) is 15.8 Å². The Kier molecular flexibility index (Phi) is 6.99. The molecule has 1 fully saturated rings. The third kappa shape index (κ3) is 6.03. The molecule has 0 spiro atoms. The largest absolute Gasteiger partial charge is 0.355 e. The van der Waals surface area contributed by atoms with E-state index in [-0.39, 0.29) is 11.5 Å². The lowest BCUT2D eigenvalue weighted by Gasteiger charge is -2.17. The molecule has 7 heteroatoms. The summed E-state index contributed by atoms with van der Waals surface area (Å²) in [5.41, 5.74) is 0. The number of thioether (sulfide) groups is 1. The van der Waals surface area contributed by atoms with Gasteiger partial charge in [-0.15, -0.1) is 0 Å². The maximum Gasteiger partial charge on any atom is 0.191 e. The maximum atomic E-state index is 11.4. The van der Waals surface area contributed by atoms with Gasteiger partial charge in [0.05, 0.1) is 5.75 Å². The third-order valence-corrected chi connectivity index (χ3v) is 6.23. The van der Waals surface area contributed by atoms with Crippen molar-refractivity contribution in [3.8, 4) is 0 Å². The molecule has 2 N–H and O–H groups in total. The van der Waals surface area contributed by atoms with Crippen molar-refractivity contribution in [2.45, 2.75) is 37.5 Å². The number of nitrogens with one attached hydrogen (secondary N) is 2. The van der Waals surface area contributed by atoms with Gasteiger partial charge in [-0.1, -0.05) is 6.92 Å². The van der Waals surface area contributed by atoms with Gasteiger partial charge in [0.1, 0.15) is 0 Å². The van der Waals surface area contributed by atoms with E-state index in [9.17, 15) is 8.42 Å². The third-order valence-electron chi connectivity index (χ3n) is 3.43. The molecular formula is C12H25N3O2S2. The van der Waals surface area contributed by atoms with Crippen LogP contribution in [0.5, 0.6) is 0 Å². The summed E-state index contributed by atoms with van der Waals surface area (Å²) >= 11 is 1.92. The van der Waals surface area contributed by atoms with Crippen LogP contribution in [0.15, 0.2) is 4.99 Å². The molecule has 1 rings (SSSR count). The number of rotatable bonds is 6. The standard InChI is InChI=1S/C12H25N3O2S2/c1-4-19(16,17)8-7-14-12(13-2)15-10-5-6-11(9-10)18-3/h10-11H,4-9H2,1-3H3,(H2,13,14,15). The Morgan fingerprint density at radius 1 is 1.42 bits per heavy atom. The predicted octanol–water partition coefficient (Wildman–Crippen LogP) is 0.870. The van der Waals surface area contributed by atoms with Gasteiger partial charge in [0, 0.05) is 30.6 Å². The number of guanidine groups is 1. The molecule has 1 aliphatic rings. The minimum Gasteiger partial charge on any atom is -0.355 e. The molecule has 112 valence electrons. The highest BCUT2D eigenvalue weighted by atomic mass is 32.2. The van der Waals surface area contributed by atoms with E-state index in [0.29, 0.717) is 18.5 Å². The van der Waals surface area contributed by atoms with Crippen molar-refractivity contribution in [3.63, 3.8) is 0 Å². The normalized spacial score (nSPS) is 24.5. The number of aliphatic imine (C=N–C) groups is 1. The van der Waals surface area contributed by atoms with Gasteiger partial charge < -0.3 is 10.6 Å². The molecule has 0 radical (unpaired) electrons. The Morgan fingerprint density at radius 2 is 2.16 bits per heavy atom. The van der Waals surface area contributed by atoms with Crippen molar-refractivity contribution in [3.05, 3.63) is 0 Å². The van der Waals surface area contributed by atoms with Crippen molar-refractivity contribution < 1.29 is 8.42 Å². The van der Waals surface area contributed by atoms with Crippen molar-refractivity contribution in [1.82, 2.24) is 10.6 Å². The lowest BCUT2D eigenvalue weighted by Crippen LogP contribution is -2.44. The fourth-order valence-corrected chi connectivity index (χ4v) is 3.64.